The van der Waals surface area contributed by atoms with E-state index < -0.39 is 0 Å². The largest absolute Gasteiger partial charge is 0.336 e. The Bertz CT molecular complexity index is 1600. The normalized spacial score (nSPS) is 14.3. The van der Waals surface area contributed by atoms with Gasteiger partial charge in [0.05, 0.1) is 24.6 Å². The molecule has 6 nitrogen and oxygen atoms in total. The molecule has 2 aromatic heterocycles. The van der Waals surface area contributed by atoms with Gasteiger partial charge < -0.3 is 18.9 Å². The van der Waals surface area contributed by atoms with Crippen LogP contribution in [0.15, 0.2) is 85.5 Å². The van der Waals surface area contributed by atoms with E-state index in [9.17, 15) is 4.79 Å². The zero-order valence-corrected chi connectivity index (χ0v) is 22.3. The van der Waals surface area contributed by atoms with Crippen LogP contribution in [0.4, 0.5) is 0 Å². The van der Waals surface area contributed by atoms with E-state index >= 15 is 0 Å². The highest BCUT2D eigenvalue weighted by atomic mass is 16.2. The highest BCUT2D eigenvalue weighted by Gasteiger charge is 2.28. The number of aromatic nitrogens is 3. The van der Waals surface area contributed by atoms with Crippen molar-refractivity contribution in [1.82, 2.24) is 23.9 Å². The summed E-state index contributed by atoms with van der Waals surface area (Å²) in [4.78, 5) is 22.9. The van der Waals surface area contributed by atoms with Crippen LogP contribution in [0, 0.1) is 13.8 Å². The third-order valence-corrected chi connectivity index (χ3v) is 7.75. The van der Waals surface area contributed by atoms with E-state index in [-0.39, 0.29) is 5.91 Å². The number of nitrogens with zero attached hydrogens (tertiary/aromatic N) is 5. The lowest BCUT2D eigenvalue weighted by Gasteiger charge is -2.32. The summed E-state index contributed by atoms with van der Waals surface area (Å²) in [5, 5.41) is 2.31. The van der Waals surface area contributed by atoms with E-state index in [1.165, 1.54) is 11.1 Å². The van der Waals surface area contributed by atoms with Gasteiger partial charge in [-0.2, -0.15) is 0 Å². The van der Waals surface area contributed by atoms with E-state index in [1.807, 2.05) is 17.4 Å². The molecule has 0 atom stereocenters. The van der Waals surface area contributed by atoms with Gasteiger partial charge in [-0.25, -0.2) is 4.98 Å². The van der Waals surface area contributed by atoms with E-state index in [2.05, 4.69) is 113 Å². The van der Waals surface area contributed by atoms with Crippen LogP contribution in [0.2, 0.25) is 0 Å². The Kier molecular flexibility index (Phi) is 6.34. The lowest BCUT2D eigenvalue weighted by atomic mass is 9.96. The molecule has 0 saturated carbocycles. The van der Waals surface area contributed by atoms with Crippen LogP contribution < -0.4 is 0 Å². The smallest absolute Gasteiger partial charge is 0.256 e. The molecular formula is C32H33N5O. The van der Waals surface area contributed by atoms with Crippen molar-refractivity contribution in [3.63, 3.8) is 0 Å². The third kappa shape index (κ3) is 4.41. The van der Waals surface area contributed by atoms with Crippen molar-refractivity contribution in [1.29, 1.82) is 0 Å². The molecule has 0 N–H and O–H groups in total. The number of piperazine rings is 1. The lowest BCUT2D eigenvalue weighted by molar-refractivity contribution is 0.0664. The molecule has 1 aliphatic heterocycles. The predicted octanol–water partition coefficient (Wildman–Crippen LogP) is 5.55. The van der Waals surface area contributed by atoms with Gasteiger partial charge in [0.2, 0.25) is 0 Å². The van der Waals surface area contributed by atoms with Crippen LogP contribution in [0.3, 0.4) is 0 Å². The average Bonchev–Trinajstić information content (AvgIpc) is 3.53. The number of carbonyl (C=O) groups excluding carboxylic acids is 1. The summed E-state index contributed by atoms with van der Waals surface area (Å²) in [6.07, 6.45) is 5.88. The Hall–Kier alpha value is -4.16. The molecule has 0 unspecified atom stereocenters. The number of hydrogen-bond donors (Lipinski definition) is 0. The minimum Gasteiger partial charge on any atom is -0.336 e. The molecule has 1 amide bonds. The highest BCUT2D eigenvalue weighted by molar-refractivity contribution is 6.07. The predicted molar refractivity (Wildman–Crippen MR) is 153 cm³/mol. The first-order chi connectivity index (χ1) is 18.5. The van der Waals surface area contributed by atoms with Crippen molar-refractivity contribution in [2.45, 2.75) is 20.4 Å². The number of imidazole rings is 1. The Balaban J connectivity index is 1.49. The molecule has 0 radical (unpaired) electrons. The molecule has 6 rings (SSSR count). The Morgan fingerprint density at radius 3 is 2.39 bits per heavy atom. The second kappa shape index (κ2) is 9.95. The van der Waals surface area contributed by atoms with Gasteiger partial charge in [0.15, 0.2) is 0 Å². The summed E-state index contributed by atoms with van der Waals surface area (Å²) >= 11 is 0. The number of benzene rings is 3. The van der Waals surface area contributed by atoms with E-state index in [4.69, 9.17) is 0 Å². The van der Waals surface area contributed by atoms with Crippen molar-refractivity contribution in [3.05, 3.63) is 108 Å². The number of fused-ring (bicyclic) bond motifs is 1. The van der Waals surface area contributed by atoms with Crippen LogP contribution in [0.25, 0.3) is 27.7 Å². The van der Waals surface area contributed by atoms with Gasteiger partial charge in [-0.05, 0) is 42.8 Å². The van der Waals surface area contributed by atoms with E-state index in [0.717, 1.165) is 65.2 Å². The van der Waals surface area contributed by atoms with Gasteiger partial charge in [-0.1, -0.05) is 72.3 Å². The molecule has 1 fully saturated rings. The molecule has 0 aliphatic carbocycles. The minimum atomic E-state index is 0.0990. The van der Waals surface area contributed by atoms with Crippen LogP contribution in [-0.2, 0) is 6.54 Å². The maximum absolute atomic E-state index is 14.1. The van der Waals surface area contributed by atoms with Gasteiger partial charge in [0, 0.05) is 43.6 Å². The fourth-order valence-corrected chi connectivity index (χ4v) is 5.47. The van der Waals surface area contributed by atoms with Crippen molar-refractivity contribution >= 4 is 16.7 Å². The summed E-state index contributed by atoms with van der Waals surface area (Å²) in [6, 6.07) is 23.3. The highest BCUT2D eigenvalue weighted by Crippen LogP contribution is 2.36. The molecule has 192 valence electrons. The molecule has 5 aromatic rings. The maximum Gasteiger partial charge on any atom is 0.256 e. The number of carbonyl (C=O) groups is 1. The Morgan fingerprint density at radius 2 is 1.61 bits per heavy atom. The molecule has 6 heteroatoms. The molecular weight excluding hydrogens is 470 g/mol. The molecule has 3 aromatic carbocycles. The number of likely N-dealkylation sites (N-methyl/N-ethyl adjacent to an activating group) is 1. The molecule has 0 bridgehead atoms. The molecule has 1 saturated heterocycles. The van der Waals surface area contributed by atoms with Crippen molar-refractivity contribution in [3.8, 4) is 16.9 Å². The van der Waals surface area contributed by atoms with Crippen LogP contribution in [0.5, 0.6) is 0 Å². The number of amides is 1. The quantitative estimate of drug-likeness (QED) is 0.316. The first kappa shape index (κ1) is 24.2. The van der Waals surface area contributed by atoms with Crippen LogP contribution in [0.1, 0.15) is 27.2 Å². The monoisotopic (exact) mass is 503 g/mol. The maximum atomic E-state index is 14.1. The molecule has 3 heterocycles. The Labute approximate surface area is 223 Å². The van der Waals surface area contributed by atoms with Crippen molar-refractivity contribution < 1.29 is 4.79 Å². The topological polar surface area (TPSA) is 46.3 Å². The van der Waals surface area contributed by atoms with Gasteiger partial charge in [-0.15, -0.1) is 0 Å². The average molecular weight is 504 g/mol. The number of aryl methyl sites for hydroxylation is 1. The summed E-state index contributed by atoms with van der Waals surface area (Å²) in [6.45, 7) is 8.11. The standard InChI is InChI=1S/C32H33N5O/c1-23-11-13-25(14-12-23)20-36-22-33-19-30(36)37-21-29(28-10-6-8-26-7-4-5-9-27(26)28)31(24(37)2)32(38)35-17-15-34(3)16-18-35/h4-14,19,21-22H,15-18,20H2,1-3H3. The fourth-order valence-electron chi connectivity index (χ4n) is 5.47. The van der Waals surface area contributed by atoms with E-state index in [0.29, 0.717) is 6.54 Å². The zero-order valence-electron chi connectivity index (χ0n) is 22.3. The molecule has 1 aliphatic rings. The van der Waals surface area contributed by atoms with Crippen molar-refractivity contribution in [2.24, 2.45) is 0 Å². The van der Waals surface area contributed by atoms with Crippen molar-refractivity contribution in [2.75, 3.05) is 33.2 Å². The Morgan fingerprint density at radius 1 is 0.868 bits per heavy atom. The summed E-state index contributed by atoms with van der Waals surface area (Å²) in [7, 11) is 2.11. The molecule has 0 spiro atoms. The van der Waals surface area contributed by atoms with E-state index in [1.54, 1.807) is 0 Å². The fraction of sp³-hybridized carbons (Fsp3) is 0.250. The van der Waals surface area contributed by atoms with Gasteiger partial charge in [0.25, 0.3) is 5.91 Å². The zero-order chi connectivity index (χ0) is 26.2. The van der Waals surface area contributed by atoms with Gasteiger partial charge in [0.1, 0.15) is 5.82 Å². The molecule has 38 heavy (non-hydrogen) atoms. The lowest BCUT2D eigenvalue weighted by Crippen LogP contribution is -2.47. The summed E-state index contributed by atoms with van der Waals surface area (Å²) < 4.78 is 4.29. The number of hydrogen-bond acceptors (Lipinski definition) is 3. The first-order valence-corrected chi connectivity index (χ1v) is 13.2. The third-order valence-electron chi connectivity index (χ3n) is 7.75. The number of rotatable bonds is 5. The second-order valence-corrected chi connectivity index (χ2v) is 10.4. The first-order valence-electron chi connectivity index (χ1n) is 13.2. The van der Waals surface area contributed by atoms with Crippen LogP contribution in [-0.4, -0.2) is 63.1 Å². The summed E-state index contributed by atoms with van der Waals surface area (Å²) in [5.41, 5.74) is 6.20. The minimum absolute atomic E-state index is 0.0990. The SMILES string of the molecule is Cc1ccc(Cn2cncc2-n2cc(-c3cccc4ccccc34)c(C(=O)N3CCN(C)CC3)c2C)cc1. The summed E-state index contributed by atoms with van der Waals surface area (Å²) in [5.74, 6) is 1.05. The second-order valence-electron chi connectivity index (χ2n) is 10.4. The van der Waals surface area contributed by atoms with Crippen LogP contribution >= 0.6 is 0 Å². The van der Waals surface area contributed by atoms with Gasteiger partial charge in [-0.3, -0.25) is 4.79 Å². The van der Waals surface area contributed by atoms with Gasteiger partial charge >= 0.3 is 0 Å².